The summed E-state index contributed by atoms with van der Waals surface area (Å²) in [5.41, 5.74) is 12.7. The molecule has 0 aliphatic heterocycles. The standard InChI is InChI=1S/C22H18N4O2/c23-19-7-3-1-6-17(19)22(28)26-24-13-18-16-5-2-4-8-20(16)25-21(18)14-9-11-15(27)12-10-14/h1-13,25,27H,23H2,(H,26,28)/b24-13+. The van der Waals surface area contributed by atoms with Crippen molar-refractivity contribution >= 4 is 28.7 Å². The normalized spacial score (nSPS) is 11.1. The van der Waals surface area contributed by atoms with E-state index in [2.05, 4.69) is 15.5 Å². The highest BCUT2D eigenvalue weighted by Gasteiger charge is 2.12. The van der Waals surface area contributed by atoms with Crippen LogP contribution >= 0.6 is 0 Å². The lowest BCUT2D eigenvalue weighted by atomic mass is 10.1. The maximum absolute atomic E-state index is 12.3. The van der Waals surface area contributed by atoms with Crippen LogP contribution in [-0.4, -0.2) is 22.2 Å². The van der Waals surface area contributed by atoms with Gasteiger partial charge in [0.1, 0.15) is 5.75 Å². The van der Waals surface area contributed by atoms with Crippen molar-refractivity contribution in [3.63, 3.8) is 0 Å². The third-order valence-electron chi connectivity index (χ3n) is 4.47. The van der Waals surface area contributed by atoms with E-state index in [1.165, 1.54) is 0 Å². The van der Waals surface area contributed by atoms with Gasteiger partial charge in [0.05, 0.1) is 17.5 Å². The largest absolute Gasteiger partial charge is 0.508 e. The van der Waals surface area contributed by atoms with Crippen molar-refractivity contribution in [1.29, 1.82) is 0 Å². The van der Waals surface area contributed by atoms with Crippen LogP contribution in [0.15, 0.2) is 77.9 Å². The number of nitrogens with two attached hydrogens (primary N) is 1. The van der Waals surface area contributed by atoms with Gasteiger partial charge in [0.15, 0.2) is 0 Å². The maximum Gasteiger partial charge on any atom is 0.273 e. The summed E-state index contributed by atoms with van der Waals surface area (Å²) in [4.78, 5) is 15.7. The second-order valence-electron chi connectivity index (χ2n) is 6.29. The summed E-state index contributed by atoms with van der Waals surface area (Å²) in [6.45, 7) is 0. The summed E-state index contributed by atoms with van der Waals surface area (Å²) >= 11 is 0. The number of benzene rings is 3. The van der Waals surface area contributed by atoms with Gasteiger partial charge in [-0.3, -0.25) is 4.79 Å². The first-order valence-electron chi connectivity index (χ1n) is 8.71. The first kappa shape index (κ1) is 17.4. The number of phenolic OH excluding ortho intramolecular Hbond substituents is 1. The van der Waals surface area contributed by atoms with Gasteiger partial charge >= 0.3 is 0 Å². The number of H-pyrrole nitrogens is 1. The quantitative estimate of drug-likeness (QED) is 0.249. The number of aromatic nitrogens is 1. The Bertz CT molecular complexity index is 1180. The van der Waals surface area contributed by atoms with E-state index in [0.29, 0.717) is 11.3 Å². The van der Waals surface area contributed by atoms with E-state index in [0.717, 1.165) is 27.7 Å². The molecule has 6 nitrogen and oxygen atoms in total. The molecule has 6 heteroatoms. The third kappa shape index (κ3) is 3.31. The minimum atomic E-state index is -0.375. The van der Waals surface area contributed by atoms with Crippen molar-refractivity contribution in [2.75, 3.05) is 5.73 Å². The molecule has 1 heterocycles. The Morgan fingerprint density at radius 2 is 1.71 bits per heavy atom. The number of hydrazone groups is 1. The average Bonchev–Trinajstić information content (AvgIpc) is 3.07. The average molecular weight is 370 g/mol. The van der Waals surface area contributed by atoms with Gasteiger partial charge in [0, 0.05) is 22.2 Å². The second-order valence-corrected chi connectivity index (χ2v) is 6.29. The molecule has 4 aromatic rings. The topological polar surface area (TPSA) is 104 Å². The number of amides is 1. The number of nitrogen functional groups attached to an aromatic ring is 1. The molecule has 0 radical (unpaired) electrons. The Morgan fingerprint density at radius 3 is 2.50 bits per heavy atom. The molecular weight excluding hydrogens is 352 g/mol. The van der Waals surface area contributed by atoms with Gasteiger partial charge in [-0.2, -0.15) is 5.10 Å². The number of aromatic amines is 1. The first-order chi connectivity index (χ1) is 13.6. The van der Waals surface area contributed by atoms with Crippen LogP contribution in [0.5, 0.6) is 5.75 Å². The van der Waals surface area contributed by atoms with Crippen LogP contribution in [-0.2, 0) is 0 Å². The summed E-state index contributed by atoms with van der Waals surface area (Å²) in [6.07, 6.45) is 1.61. The molecule has 0 aliphatic rings. The number of hydrogen-bond acceptors (Lipinski definition) is 4. The summed E-state index contributed by atoms with van der Waals surface area (Å²) in [6, 6.07) is 21.6. The molecule has 0 bridgehead atoms. The van der Waals surface area contributed by atoms with Gasteiger partial charge in [-0.15, -0.1) is 0 Å². The fourth-order valence-electron chi connectivity index (χ4n) is 3.07. The van der Waals surface area contributed by atoms with Crippen LogP contribution in [0.25, 0.3) is 22.2 Å². The highest BCUT2D eigenvalue weighted by Crippen LogP contribution is 2.30. The second kappa shape index (κ2) is 7.28. The number of fused-ring (bicyclic) bond motifs is 1. The summed E-state index contributed by atoms with van der Waals surface area (Å²) in [7, 11) is 0. The Balaban J connectivity index is 1.68. The monoisotopic (exact) mass is 370 g/mol. The number of anilines is 1. The van der Waals surface area contributed by atoms with Gasteiger partial charge < -0.3 is 15.8 Å². The van der Waals surface area contributed by atoms with Crippen LogP contribution < -0.4 is 11.2 Å². The molecule has 5 N–H and O–H groups in total. The van der Waals surface area contributed by atoms with Crippen LogP contribution in [0, 0.1) is 0 Å². The van der Waals surface area contributed by atoms with E-state index in [1.807, 2.05) is 36.4 Å². The summed E-state index contributed by atoms with van der Waals surface area (Å²) < 4.78 is 0. The summed E-state index contributed by atoms with van der Waals surface area (Å²) in [5, 5.41) is 14.7. The lowest BCUT2D eigenvalue weighted by molar-refractivity contribution is 0.0956. The van der Waals surface area contributed by atoms with Gasteiger partial charge in [-0.05, 0) is 48.0 Å². The first-order valence-corrected chi connectivity index (χ1v) is 8.71. The molecule has 0 aliphatic carbocycles. The van der Waals surface area contributed by atoms with E-state index >= 15 is 0 Å². The lowest BCUT2D eigenvalue weighted by Gasteiger charge is -2.04. The molecule has 0 spiro atoms. The number of rotatable bonds is 4. The van der Waals surface area contributed by atoms with Gasteiger partial charge in [-0.25, -0.2) is 5.43 Å². The number of nitrogens with one attached hydrogen (secondary N) is 2. The van der Waals surface area contributed by atoms with Crippen LogP contribution in [0.2, 0.25) is 0 Å². The van der Waals surface area contributed by atoms with E-state index in [-0.39, 0.29) is 11.7 Å². The number of nitrogens with zero attached hydrogens (tertiary/aromatic N) is 1. The molecule has 138 valence electrons. The fraction of sp³-hybridized carbons (Fsp3) is 0. The van der Waals surface area contributed by atoms with Gasteiger partial charge in [0.2, 0.25) is 0 Å². The minimum Gasteiger partial charge on any atom is -0.508 e. The van der Waals surface area contributed by atoms with Crippen molar-refractivity contribution in [3.8, 4) is 17.0 Å². The zero-order valence-electron chi connectivity index (χ0n) is 14.9. The zero-order chi connectivity index (χ0) is 19.5. The molecule has 0 fully saturated rings. The molecule has 3 aromatic carbocycles. The lowest BCUT2D eigenvalue weighted by Crippen LogP contribution is -2.19. The molecule has 0 saturated heterocycles. The highest BCUT2D eigenvalue weighted by molar-refractivity contribution is 6.06. The number of carbonyl (C=O) groups excluding carboxylic acids is 1. The Morgan fingerprint density at radius 1 is 1.00 bits per heavy atom. The number of hydrogen-bond donors (Lipinski definition) is 4. The summed E-state index contributed by atoms with van der Waals surface area (Å²) in [5.74, 6) is -0.178. The van der Waals surface area contributed by atoms with Crippen LogP contribution in [0.1, 0.15) is 15.9 Å². The molecule has 4 rings (SSSR count). The molecule has 0 saturated carbocycles. The zero-order valence-corrected chi connectivity index (χ0v) is 14.9. The predicted molar refractivity (Wildman–Crippen MR) is 111 cm³/mol. The van der Waals surface area contributed by atoms with E-state index in [1.54, 1.807) is 42.6 Å². The van der Waals surface area contributed by atoms with Crippen molar-refractivity contribution < 1.29 is 9.90 Å². The van der Waals surface area contributed by atoms with Crippen LogP contribution in [0.3, 0.4) is 0 Å². The number of carbonyl (C=O) groups is 1. The molecule has 0 unspecified atom stereocenters. The Hall–Kier alpha value is -4.06. The molecule has 28 heavy (non-hydrogen) atoms. The maximum atomic E-state index is 12.3. The van der Waals surface area contributed by atoms with Gasteiger partial charge in [0.25, 0.3) is 5.91 Å². The predicted octanol–water partition coefficient (Wildman–Crippen LogP) is 3.89. The molecular formula is C22H18N4O2. The molecule has 0 atom stereocenters. The SMILES string of the molecule is Nc1ccccc1C(=O)N/N=C/c1c(-c2ccc(O)cc2)[nH]c2ccccc12. The molecule has 1 aromatic heterocycles. The number of aromatic hydroxyl groups is 1. The van der Waals surface area contributed by atoms with Crippen molar-refractivity contribution in [3.05, 3.63) is 83.9 Å². The van der Waals surface area contributed by atoms with E-state index < -0.39 is 0 Å². The fourth-order valence-corrected chi connectivity index (χ4v) is 3.07. The Kier molecular flexibility index (Phi) is 4.51. The Labute approximate surface area is 161 Å². The smallest absolute Gasteiger partial charge is 0.273 e. The third-order valence-corrected chi connectivity index (χ3v) is 4.47. The minimum absolute atomic E-state index is 0.197. The van der Waals surface area contributed by atoms with E-state index in [4.69, 9.17) is 5.73 Å². The highest BCUT2D eigenvalue weighted by atomic mass is 16.3. The van der Waals surface area contributed by atoms with Gasteiger partial charge in [-0.1, -0.05) is 30.3 Å². The molecule has 1 amide bonds. The van der Waals surface area contributed by atoms with E-state index in [9.17, 15) is 9.90 Å². The number of para-hydroxylation sites is 2. The van der Waals surface area contributed by atoms with Crippen molar-refractivity contribution in [2.24, 2.45) is 5.10 Å². The number of phenols is 1. The van der Waals surface area contributed by atoms with Crippen molar-refractivity contribution in [1.82, 2.24) is 10.4 Å². The van der Waals surface area contributed by atoms with Crippen molar-refractivity contribution in [2.45, 2.75) is 0 Å². The van der Waals surface area contributed by atoms with Crippen LogP contribution in [0.4, 0.5) is 5.69 Å².